The lowest BCUT2D eigenvalue weighted by Gasteiger charge is -2.44. The Bertz CT molecular complexity index is 365. The lowest BCUT2D eigenvalue weighted by atomic mass is 9.87. The van der Waals surface area contributed by atoms with Crippen LogP contribution in [0.3, 0.4) is 0 Å². The molecule has 0 aromatic carbocycles. The molecule has 0 radical (unpaired) electrons. The van der Waals surface area contributed by atoms with Gasteiger partial charge in [-0.1, -0.05) is 13.8 Å². The van der Waals surface area contributed by atoms with E-state index in [0.29, 0.717) is 6.42 Å². The highest BCUT2D eigenvalue weighted by Crippen LogP contribution is 2.25. The molecule has 20 heavy (non-hydrogen) atoms. The highest BCUT2D eigenvalue weighted by molar-refractivity contribution is 5.76. The third-order valence-electron chi connectivity index (χ3n) is 3.45. The number of amides is 1. The van der Waals surface area contributed by atoms with Crippen molar-refractivity contribution >= 4 is 5.91 Å². The van der Waals surface area contributed by atoms with Gasteiger partial charge in [-0.3, -0.25) is 4.79 Å². The molecule has 1 heterocycles. The largest absolute Gasteiger partial charge is 0.394 e. The van der Waals surface area contributed by atoms with Crippen molar-refractivity contribution in [3.05, 3.63) is 0 Å². The van der Waals surface area contributed by atoms with Crippen LogP contribution in [0.25, 0.3) is 0 Å². The van der Waals surface area contributed by atoms with Crippen LogP contribution in [-0.2, 0) is 9.53 Å². The molecule has 4 N–H and O–H groups in total. The van der Waals surface area contributed by atoms with Gasteiger partial charge in [0, 0.05) is 12.8 Å². The molecular weight excluding hydrogens is 262 g/mol. The predicted molar refractivity (Wildman–Crippen MR) is 72.6 cm³/mol. The number of ether oxygens (including phenoxy) is 1. The molecule has 6 heteroatoms. The van der Waals surface area contributed by atoms with Gasteiger partial charge < -0.3 is 25.4 Å². The number of carbonyl (C=O) groups excluding carboxylic acids is 1. The molecule has 1 aliphatic rings. The van der Waals surface area contributed by atoms with Gasteiger partial charge in [0.1, 0.15) is 18.3 Å². The maximum Gasteiger partial charge on any atom is 0.221 e. The van der Waals surface area contributed by atoms with E-state index in [1.807, 2.05) is 13.8 Å². The van der Waals surface area contributed by atoms with E-state index >= 15 is 0 Å². The monoisotopic (exact) mass is 285 g/mol. The van der Waals surface area contributed by atoms with Crippen LogP contribution < -0.4 is 5.32 Å². The first-order valence-electron chi connectivity index (χ1n) is 6.77. The Morgan fingerprint density at radius 1 is 1.40 bits per heavy atom. The van der Waals surface area contributed by atoms with Crippen LogP contribution in [-0.4, -0.2) is 58.3 Å². The number of carbonyl (C=O) groups is 1. The summed E-state index contributed by atoms with van der Waals surface area (Å²) in [4.78, 5) is 11.7. The lowest BCUT2D eigenvalue weighted by molar-refractivity contribution is -0.204. The molecular formula is C14H23NO5. The van der Waals surface area contributed by atoms with Gasteiger partial charge >= 0.3 is 0 Å². The number of aliphatic hydroxyl groups is 3. The van der Waals surface area contributed by atoms with Crippen molar-refractivity contribution in [2.45, 2.75) is 57.1 Å². The van der Waals surface area contributed by atoms with E-state index in [9.17, 15) is 15.0 Å². The molecule has 6 nitrogen and oxygen atoms in total. The summed E-state index contributed by atoms with van der Waals surface area (Å²) in [5.41, 5.74) is 0. The van der Waals surface area contributed by atoms with Crippen molar-refractivity contribution in [2.24, 2.45) is 5.92 Å². The van der Waals surface area contributed by atoms with Gasteiger partial charge in [-0.05, 0) is 5.92 Å². The molecule has 1 saturated heterocycles. The Labute approximate surface area is 119 Å². The van der Waals surface area contributed by atoms with Gasteiger partial charge in [0.2, 0.25) is 5.91 Å². The number of terminal acetylenes is 1. The minimum absolute atomic E-state index is 0.00383. The summed E-state index contributed by atoms with van der Waals surface area (Å²) in [5.74, 6) is 2.08. The van der Waals surface area contributed by atoms with Crippen LogP contribution in [0.5, 0.6) is 0 Å². The first-order chi connectivity index (χ1) is 9.42. The van der Waals surface area contributed by atoms with Crippen molar-refractivity contribution in [1.82, 2.24) is 5.32 Å². The Kier molecular flexibility index (Phi) is 6.43. The maximum atomic E-state index is 11.7. The highest BCUT2D eigenvalue weighted by Gasteiger charge is 2.45. The number of nitrogens with one attached hydrogen (secondary N) is 1. The summed E-state index contributed by atoms with van der Waals surface area (Å²) in [7, 11) is 0. The van der Waals surface area contributed by atoms with E-state index in [2.05, 4.69) is 11.2 Å². The van der Waals surface area contributed by atoms with Crippen molar-refractivity contribution in [3.63, 3.8) is 0 Å². The fourth-order valence-electron chi connectivity index (χ4n) is 2.33. The van der Waals surface area contributed by atoms with E-state index in [1.165, 1.54) is 0 Å². The van der Waals surface area contributed by atoms with Crippen LogP contribution in [0, 0.1) is 18.3 Å². The first kappa shape index (κ1) is 16.9. The van der Waals surface area contributed by atoms with E-state index in [0.717, 1.165) is 0 Å². The summed E-state index contributed by atoms with van der Waals surface area (Å²) < 4.78 is 5.58. The Morgan fingerprint density at radius 3 is 2.55 bits per heavy atom. The molecule has 2 unspecified atom stereocenters. The topological polar surface area (TPSA) is 99.0 Å². The summed E-state index contributed by atoms with van der Waals surface area (Å²) in [6, 6.07) is -0.724. The minimum atomic E-state index is -1.24. The van der Waals surface area contributed by atoms with Crippen molar-refractivity contribution < 1.29 is 24.9 Å². The molecule has 1 amide bonds. The fourth-order valence-corrected chi connectivity index (χ4v) is 2.33. The number of hydrogen-bond acceptors (Lipinski definition) is 5. The van der Waals surface area contributed by atoms with Gasteiger partial charge in [-0.2, -0.15) is 0 Å². The maximum absolute atomic E-state index is 11.7. The van der Waals surface area contributed by atoms with Crippen molar-refractivity contribution in [2.75, 3.05) is 6.61 Å². The molecule has 1 aliphatic heterocycles. The van der Waals surface area contributed by atoms with Gasteiger partial charge in [0.05, 0.1) is 18.8 Å². The van der Waals surface area contributed by atoms with Gasteiger partial charge in [-0.15, -0.1) is 12.3 Å². The SMILES string of the molecule is C#CCCC(=O)NC1[C@H](C(C)C)OC(CO)[C@@H](O)[C@@H]1O. The normalized spacial score (nSPS) is 33.8. The highest BCUT2D eigenvalue weighted by atomic mass is 16.5. The zero-order chi connectivity index (χ0) is 15.3. The van der Waals surface area contributed by atoms with Gasteiger partial charge in [-0.25, -0.2) is 0 Å². The van der Waals surface area contributed by atoms with E-state index < -0.39 is 30.5 Å². The quantitative estimate of drug-likeness (QED) is 0.487. The second kappa shape index (κ2) is 7.60. The molecule has 0 bridgehead atoms. The predicted octanol–water partition coefficient (Wildman–Crippen LogP) is -0.978. The van der Waals surface area contributed by atoms with Crippen molar-refractivity contribution in [1.29, 1.82) is 0 Å². The Balaban J connectivity index is 2.78. The summed E-state index contributed by atoms with van der Waals surface area (Å²) >= 11 is 0. The van der Waals surface area contributed by atoms with Crippen LogP contribution in [0.2, 0.25) is 0 Å². The molecule has 0 aliphatic carbocycles. The summed E-state index contributed by atoms with van der Waals surface area (Å²) in [5, 5.41) is 31.8. The molecule has 5 atom stereocenters. The van der Waals surface area contributed by atoms with E-state index in [4.69, 9.17) is 16.3 Å². The summed E-state index contributed by atoms with van der Waals surface area (Å²) in [6.07, 6.45) is 1.79. The van der Waals surface area contributed by atoms with Crippen LogP contribution in [0.15, 0.2) is 0 Å². The molecule has 0 aromatic heterocycles. The lowest BCUT2D eigenvalue weighted by Crippen LogP contribution is -2.65. The third-order valence-corrected chi connectivity index (χ3v) is 3.45. The number of hydrogen-bond donors (Lipinski definition) is 4. The fraction of sp³-hybridized carbons (Fsp3) is 0.786. The van der Waals surface area contributed by atoms with Crippen molar-refractivity contribution in [3.8, 4) is 12.3 Å². The molecule has 114 valence electrons. The molecule has 0 saturated carbocycles. The van der Waals surface area contributed by atoms with Gasteiger partial charge in [0.25, 0.3) is 0 Å². The average molecular weight is 285 g/mol. The molecule has 0 spiro atoms. The minimum Gasteiger partial charge on any atom is -0.394 e. The first-order valence-corrected chi connectivity index (χ1v) is 6.77. The van der Waals surface area contributed by atoms with Crippen LogP contribution in [0.4, 0.5) is 0 Å². The smallest absolute Gasteiger partial charge is 0.221 e. The van der Waals surface area contributed by atoms with E-state index in [1.54, 1.807) is 0 Å². The molecule has 0 aromatic rings. The second-order valence-corrected chi connectivity index (χ2v) is 5.34. The molecule has 1 fully saturated rings. The Hall–Kier alpha value is -1.13. The van der Waals surface area contributed by atoms with Crippen LogP contribution >= 0.6 is 0 Å². The number of rotatable bonds is 5. The van der Waals surface area contributed by atoms with E-state index in [-0.39, 0.29) is 24.9 Å². The van der Waals surface area contributed by atoms with Crippen LogP contribution in [0.1, 0.15) is 26.7 Å². The summed E-state index contributed by atoms with van der Waals surface area (Å²) in [6.45, 7) is 3.37. The zero-order valence-electron chi connectivity index (χ0n) is 11.8. The average Bonchev–Trinajstić information content (AvgIpc) is 2.41. The second-order valence-electron chi connectivity index (χ2n) is 5.34. The Morgan fingerprint density at radius 2 is 2.05 bits per heavy atom. The third kappa shape index (κ3) is 3.93. The molecule has 1 rings (SSSR count). The standard InChI is InChI=1S/C14H23NO5/c1-4-5-6-10(17)15-11-13(19)12(18)9(7-16)20-14(11)8(2)3/h1,8-9,11-14,16,18-19H,5-7H2,2-3H3,(H,15,17)/t9?,11?,12-,13-,14+/m1/s1. The number of aliphatic hydroxyl groups excluding tert-OH is 3. The zero-order valence-corrected chi connectivity index (χ0v) is 11.8. The van der Waals surface area contributed by atoms with Gasteiger partial charge in [0.15, 0.2) is 0 Å².